The van der Waals surface area contributed by atoms with E-state index in [1.807, 2.05) is 0 Å². The predicted octanol–water partition coefficient (Wildman–Crippen LogP) is 6.52. The van der Waals surface area contributed by atoms with Crippen LogP contribution in [0.3, 0.4) is 0 Å². The molecule has 30 heavy (non-hydrogen) atoms. The van der Waals surface area contributed by atoms with Gasteiger partial charge in [0.2, 0.25) is 0 Å². The zero-order valence-electron chi connectivity index (χ0n) is 16.7. The molecule has 0 saturated heterocycles. The Morgan fingerprint density at radius 2 is 1.67 bits per heavy atom. The van der Waals surface area contributed by atoms with Gasteiger partial charge >= 0.3 is 6.18 Å². The van der Waals surface area contributed by atoms with Gasteiger partial charge in [-0.3, -0.25) is 0 Å². The molecule has 0 aliphatic heterocycles. The molecule has 0 saturated carbocycles. The van der Waals surface area contributed by atoms with Crippen LogP contribution in [0.4, 0.5) is 32.0 Å². The SMILES string of the molecule is C/C=C(\C=C(\c1ccc(NCc2c(F)cccc2F)cc1F)N(C)CC)C(F)(F)F. The maximum absolute atomic E-state index is 14.8. The summed E-state index contributed by atoms with van der Waals surface area (Å²) in [5.74, 6) is -2.24. The fourth-order valence-corrected chi connectivity index (χ4v) is 2.76. The lowest BCUT2D eigenvalue weighted by molar-refractivity contribution is -0.0883. The molecule has 0 amide bonds. The molecule has 0 atom stereocenters. The van der Waals surface area contributed by atoms with Crippen molar-refractivity contribution in [3.05, 3.63) is 82.7 Å². The van der Waals surface area contributed by atoms with E-state index in [1.54, 1.807) is 14.0 Å². The second-order valence-corrected chi connectivity index (χ2v) is 6.53. The molecule has 0 spiro atoms. The lowest BCUT2D eigenvalue weighted by atomic mass is 10.1. The fourth-order valence-electron chi connectivity index (χ4n) is 2.76. The summed E-state index contributed by atoms with van der Waals surface area (Å²) in [6, 6.07) is 7.31. The molecule has 8 heteroatoms. The van der Waals surface area contributed by atoms with Gasteiger partial charge in [-0.25, -0.2) is 13.2 Å². The molecule has 2 nitrogen and oxygen atoms in total. The molecule has 0 heterocycles. The summed E-state index contributed by atoms with van der Waals surface area (Å²) in [4.78, 5) is 1.50. The Bertz CT molecular complexity index is 927. The second kappa shape index (κ2) is 9.73. The van der Waals surface area contributed by atoms with Gasteiger partial charge in [-0.05, 0) is 50.3 Å². The first-order valence-corrected chi connectivity index (χ1v) is 9.21. The highest BCUT2D eigenvalue weighted by molar-refractivity contribution is 5.69. The maximum atomic E-state index is 14.8. The van der Waals surface area contributed by atoms with Crippen molar-refractivity contribution in [2.24, 2.45) is 0 Å². The standard InChI is InChI=1S/C22H22F6N2/c1-4-14(22(26,27)28)11-21(30(3)5-2)16-10-9-15(12-20(16)25)29-13-17-18(23)7-6-8-19(17)24/h4,6-12,29H,5,13H2,1-3H3/b14-4+,21-11-. The molecule has 162 valence electrons. The summed E-state index contributed by atoms with van der Waals surface area (Å²) in [7, 11) is 1.56. The molecule has 0 aromatic heterocycles. The molecule has 0 fully saturated rings. The van der Waals surface area contributed by atoms with Crippen molar-refractivity contribution >= 4 is 11.4 Å². The third kappa shape index (κ3) is 5.58. The molecule has 0 aliphatic rings. The summed E-state index contributed by atoms with van der Waals surface area (Å²) in [6.45, 7) is 3.12. The monoisotopic (exact) mass is 428 g/mol. The van der Waals surface area contributed by atoms with Gasteiger partial charge in [-0.2, -0.15) is 13.2 Å². The maximum Gasteiger partial charge on any atom is 0.416 e. The highest BCUT2D eigenvalue weighted by Crippen LogP contribution is 2.32. The molecule has 2 rings (SSSR count). The zero-order chi connectivity index (χ0) is 22.5. The van der Waals surface area contributed by atoms with Crippen molar-refractivity contribution in [3.63, 3.8) is 0 Å². The second-order valence-electron chi connectivity index (χ2n) is 6.53. The lowest BCUT2D eigenvalue weighted by Crippen LogP contribution is -2.19. The fraction of sp³-hybridized carbons (Fsp3) is 0.273. The molecule has 0 unspecified atom stereocenters. The zero-order valence-corrected chi connectivity index (χ0v) is 16.7. The van der Waals surface area contributed by atoms with Crippen molar-refractivity contribution in [1.29, 1.82) is 0 Å². The molecule has 0 bridgehead atoms. The molecule has 2 aromatic rings. The van der Waals surface area contributed by atoms with Crippen LogP contribution in [0, 0.1) is 17.5 Å². The summed E-state index contributed by atoms with van der Waals surface area (Å²) in [6.07, 6.45) is -2.76. The number of alkyl halides is 3. The molecule has 2 aromatic carbocycles. The molecular formula is C22H22F6N2. The largest absolute Gasteiger partial charge is 0.416 e. The average molecular weight is 428 g/mol. The Balaban J connectivity index is 2.35. The van der Waals surface area contributed by atoms with Gasteiger partial charge in [0.25, 0.3) is 0 Å². The van der Waals surface area contributed by atoms with E-state index in [0.717, 1.165) is 30.4 Å². The first-order chi connectivity index (χ1) is 14.1. The topological polar surface area (TPSA) is 15.3 Å². The Morgan fingerprint density at radius 1 is 1.03 bits per heavy atom. The Kier molecular flexibility index (Phi) is 7.59. The predicted molar refractivity (Wildman–Crippen MR) is 106 cm³/mol. The van der Waals surface area contributed by atoms with Crippen LogP contribution >= 0.6 is 0 Å². The van der Waals surface area contributed by atoms with E-state index in [1.165, 1.54) is 30.0 Å². The third-order valence-electron chi connectivity index (χ3n) is 4.59. The summed E-state index contributed by atoms with van der Waals surface area (Å²) in [5, 5.41) is 2.72. The number of hydrogen-bond acceptors (Lipinski definition) is 2. The molecular weight excluding hydrogens is 406 g/mol. The van der Waals surface area contributed by atoms with E-state index in [0.29, 0.717) is 6.54 Å². The summed E-state index contributed by atoms with van der Waals surface area (Å²) < 4.78 is 81.7. The number of halogens is 6. The minimum Gasteiger partial charge on any atom is -0.381 e. The molecule has 0 radical (unpaired) electrons. The van der Waals surface area contributed by atoms with Crippen LogP contribution in [0.5, 0.6) is 0 Å². The minimum atomic E-state index is -4.57. The van der Waals surface area contributed by atoms with Crippen molar-refractivity contribution in [2.45, 2.75) is 26.6 Å². The van der Waals surface area contributed by atoms with Crippen LogP contribution < -0.4 is 5.32 Å². The number of benzene rings is 2. The first kappa shape index (κ1) is 23.4. The Morgan fingerprint density at radius 3 is 2.17 bits per heavy atom. The van der Waals surface area contributed by atoms with Crippen molar-refractivity contribution in [1.82, 2.24) is 4.90 Å². The lowest BCUT2D eigenvalue weighted by Gasteiger charge is -2.23. The van der Waals surface area contributed by atoms with E-state index in [9.17, 15) is 26.3 Å². The number of nitrogens with zero attached hydrogens (tertiary/aromatic N) is 1. The van der Waals surface area contributed by atoms with Gasteiger partial charge in [-0.1, -0.05) is 12.1 Å². The van der Waals surface area contributed by atoms with E-state index in [-0.39, 0.29) is 29.1 Å². The molecule has 1 N–H and O–H groups in total. The van der Waals surface area contributed by atoms with Gasteiger partial charge in [0.05, 0.1) is 5.57 Å². The average Bonchev–Trinajstić information content (AvgIpc) is 2.67. The smallest absolute Gasteiger partial charge is 0.381 e. The highest BCUT2D eigenvalue weighted by Gasteiger charge is 2.32. The number of hydrogen-bond donors (Lipinski definition) is 1. The van der Waals surface area contributed by atoms with Crippen molar-refractivity contribution < 1.29 is 26.3 Å². The number of rotatable bonds is 7. The first-order valence-electron chi connectivity index (χ1n) is 9.21. The third-order valence-corrected chi connectivity index (χ3v) is 4.59. The number of anilines is 1. The van der Waals surface area contributed by atoms with Crippen LogP contribution in [0.15, 0.2) is 54.1 Å². The normalized spacial score (nSPS) is 12.8. The van der Waals surface area contributed by atoms with Gasteiger partial charge in [-0.15, -0.1) is 0 Å². The summed E-state index contributed by atoms with van der Waals surface area (Å²) in [5.41, 5.74) is -0.817. The van der Waals surface area contributed by atoms with Crippen LogP contribution in [0.1, 0.15) is 25.0 Å². The van der Waals surface area contributed by atoms with E-state index in [4.69, 9.17) is 0 Å². The quantitative estimate of drug-likeness (QED) is 0.399. The molecule has 0 aliphatic carbocycles. The summed E-state index contributed by atoms with van der Waals surface area (Å²) >= 11 is 0. The van der Waals surface area contributed by atoms with Crippen molar-refractivity contribution in [2.75, 3.05) is 18.9 Å². The van der Waals surface area contributed by atoms with Gasteiger partial charge in [0.15, 0.2) is 0 Å². The van der Waals surface area contributed by atoms with Gasteiger partial charge in [0.1, 0.15) is 17.5 Å². The van der Waals surface area contributed by atoms with Crippen molar-refractivity contribution in [3.8, 4) is 0 Å². The van der Waals surface area contributed by atoms with E-state index >= 15 is 0 Å². The minimum absolute atomic E-state index is 0.0226. The number of nitrogens with one attached hydrogen (secondary N) is 1. The van der Waals surface area contributed by atoms with Crippen LogP contribution in [-0.4, -0.2) is 24.7 Å². The van der Waals surface area contributed by atoms with E-state index < -0.39 is 29.2 Å². The van der Waals surface area contributed by atoms with Crippen LogP contribution in [0.25, 0.3) is 5.70 Å². The van der Waals surface area contributed by atoms with Crippen LogP contribution in [-0.2, 0) is 6.54 Å². The van der Waals surface area contributed by atoms with Gasteiger partial charge in [0, 0.05) is 42.6 Å². The van der Waals surface area contributed by atoms with E-state index in [2.05, 4.69) is 5.32 Å². The highest BCUT2D eigenvalue weighted by atomic mass is 19.4. The Labute approximate surface area is 171 Å². The van der Waals surface area contributed by atoms with Crippen LogP contribution in [0.2, 0.25) is 0 Å². The van der Waals surface area contributed by atoms with Gasteiger partial charge < -0.3 is 10.2 Å². The Hall–Kier alpha value is -2.90. The number of allylic oxidation sites excluding steroid dienone is 3.